The lowest BCUT2D eigenvalue weighted by Crippen LogP contribution is -2.19. The van der Waals surface area contributed by atoms with E-state index in [2.05, 4.69) is 64.9 Å². The van der Waals surface area contributed by atoms with Gasteiger partial charge in [-0.25, -0.2) is 0 Å². The monoisotopic (exact) mass is 219 g/mol. The van der Waals surface area contributed by atoms with Gasteiger partial charge in [-0.1, -0.05) is 54.0 Å². The van der Waals surface area contributed by atoms with E-state index in [1.165, 1.54) is 24.1 Å². The summed E-state index contributed by atoms with van der Waals surface area (Å²) in [6.45, 7) is 13.4. The standard InChI is InChI=1S/C15H25N/c1-7-10-15(5,6)12-8-9-13(16-11-12)14(2,3)4/h8-9,11H,7,10H2,1-6H3. The summed E-state index contributed by atoms with van der Waals surface area (Å²) >= 11 is 0. The van der Waals surface area contributed by atoms with Crippen LogP contribution in [0.4, 0.5) is 0 Å². The van der Waals surface area contributed by atoms with Crippen LogP contribution in [0.2, 0.25) is 0 Å². The lowest BCUT2D eigenvalue weighted by Gasteiger charge is -2.25. The van der Waals surface area contributed by atoms with Crippen LogP contribution in [-0.4, -0.2) is 4.98 Å². The fourth-order valence-electron chi connectivity index (χ4n) is 2.01. The molecule has 90 valence electrons. The van der Waals surface area contributed by atoms with E-state index in [0.717, 1.165) is 0 Å². The first-order chi connectivity index (χ1) is 7.27. The Hall–Kier alpha value is -0.850. The molecule has 0 amide bonds. The molecular weight excluding hydrogens is 194 g/mol. The number of hydrogen-bond acceptors (Lipinski definition) is 1. The van der Waals surface area contributed by atoms with Crippen molar-refractivity contribution >= 4 is 0 Å². The van der Waals surface area contributed by atoms with Crippen LogP contribution >= 0.6 is 0 Å². The van der Waals surface area contributed by atoms with Crippen LogP contribution in [0.25, 0.3) is 0 Å². The van der Waals surface area contributed by atoms with Crippen molar-refractivity contribution in [3.63, 3.8) is 0 Å². The largest absolute Gasteiger partial charge is 0.260 e. The molecule has 16 heavy (non-hydrogen) atoms. The Kier molecular flexibility index (Phi) is 3.77. The molecule has 1 nitrogen and oxygen atoms in total. The second kappa shape index (κ2) is 4.57. The predicted molar refractivity (Wildman–Crippen MR) is 70.9 cm³/mol. The first kappa shape index (κ1) is 13.2. The van der Waals surface area contributed by atoms with E-state index in [4.69, 9.17) is 0 Å². The van der Waals surface area contributed by atoms with E-state index in [0.29, 0.717) is 0 Å². The zero-order valence-corrected chi connectivity index (χ0v) is 11.6. The molecule has 0 radical (unpaired) electrons. The number of aromatic nitrogens is 1. The molecule has 1 heteroatoms. The number of nitrogens with zero attached hydrogens (tertiary/aromatic N) is 1. The molecule has 0 saturated carbocycles. The molecule has 0 unspecified atom stereocenters. The molecule has 1 rings (SSSR count). The van der Waals surface area contributed by atoms with Crippen molar-refractivity contribution < 1.29 is 0 Å². The van der Waals surface area contributed by atoms with Gasteiger partial charge in [0.15, 0.2) is 0 Å². The lowest BCUT2D eigenvalue weighted by molar-refractivity contribution is 0.469. The van der Waals surface area contributed by atoms with Gasteiger partial charge in [-0.2, -0.15) is 0 Å². The van der Waals surface area contributed by atoms with Gasteiger partial charge in [-0.3, -0.25) is 4.98 Å². The Labute approximate surface area is 100 Å². The van der Waals surface area contributed by atoms with Crippen molar-refractivity contribution in [2.45, 2.75) is 65.2 Å². The minimum absolute atomic E-state index is 0.146. The highest BCUT2D eigenvalue weighted by molar-refractivity contribution is 5.24. The van der Waals surface area contributed by atoms with Crippen LogP contribution in [-0.2, 0) is 10.8 Å². The second-order valence-electron chi connectivity index (χ2n) is 6.32. The van der Waals surface area contributed by atoms with Gasteiger partial charge in [0, 0.05) is 17.3 Å². The molecule has 1 aromatic rings. The van der Waals surface area contributed by atoms with Gasteiger partial charge >= 0.3 is 0 Å². The fourth-order valence-corrected chi connectivity index (χ4v) is 2.01. The van der Waals surface area contributed by atoms with Crippen molar-refractivity contribution in [1.82, 2.24) is 4.98 Å². The van der Waals surface area contributed by atoms with Gasteiger partial charge in [-0.15, -0.1) is 0 Å². The zero-order valence-electron chi connectivity index (χ0n) is 11.6. The van der Waals surface area contributed by atoms with E-state index >= 15 is 0 Å². The van der Waals surface area contributed by atoms with Crippen LogP contribution in [0.3, 0.4) is 0 Å². The number of pyridine rings is 1. The maximum Gasteiger partial charge on any atom is 0.0457 e. The van der Waals surface area contributed by atoms with Crippen LogP contribution in [0.1, 0.15) is 65.6 Å². The quantitative estimate of drug-likeness (QED) is 0.731. The van der Waals surface area contributed by atoms with Gasteiger partial charge in [0.1, 0.15) is 0 Å². The summed E-state index contributed by atoms with van der Waals surface area (Å²) in [6, 6.07) is 4.41. The van der Waals surface area contributed by atoms with Gasteiger partial charge in [0.25, 0.3) is 0 Å². The first-order valence-electron chi connectivity index (χ1n) is 6.24. The zero-order chi connectivity index (χ0) is 12.4. The van der Waals surface area contributed by atoms with Crippen molar-refractivity contribution in [2.75, 3.05) is 0 Å². The van der Waals surface area contributed by atoms with Crippen molar-refractivity contribution in [1.29, 1.82) is 0 Å². The molecule has 0 aliphatic rings. The number of hydrogen-bond donors (Lipinski definition) is 0. The molecule has 0 fully saturated rings. The average Bonchev–Trinajstić information content (AvgIpc) is 2.16. The summed E-state index contributed by atoms with van der Waals surface area (Å²) in [4.78, 5) is 4.60. The van der Waals surface area contributed by atoms with Crippen molar-refractivity contribution in [2.24, 2.45) is 0 Å². The van der Waals surface area contributed by atoms with Crippen LogP contribution in [0.5, 0.6) is 0 Å². The van der Waals surface area contributed by atoms with E-state index in [1.54, 1.807) is 0 Å². The van der Waals surface area contributed by atoms with E-state index < -0.39 is 0 Å². The molecule has 1 heterocycles. The molecule has 0 N–H and O–H groups in total. The van der Waals surface area contributed by atoms with E-state index in [9.17, 15) is 0 Å². The van der Waals surface area contributed by atoms with Crippen molar-refractivity contribution in [3.05, 3.63) is 29.6 Å². The molecule has 0 spiro atoms. The Morgan fingerprint density at radius 3 is 2.06 bits per heavy atom. The first-order valence-corrected chi connectivity index (χ1v) is 6.24. The third-order valence-corrected chi connectivity index (χ3v) is 3.19. The summed E-state index contributed by atoms with van der Waals surface area (Å²) in [7, 11) is 0. The molecule has 0 aliphatic heterocycles. The Balaban J connectivity index is 2.95. The summed E-state index contributed by atoms with van der Waals surface area (Å²) in [5, 5.41) is 0. The highest BCUT2D eigenvalue weighted by Gasteiger charge is 2.21. The van der Waals surface area contributed by atoms with Crippen LogP contribution in [0, 0.1) is 0 Å². The summed E-state index contributed by atoms with van der Waals surface area (Å²) < 4.78 is 0. The maximum absolute atomic E-state index is 4.60. The fraction of sp³-hybridized carbons (Fsp3) is 0.667. The van der Waals surface area contributed by atoms with Gasteiger partial charge in [0.2, 0.25) is 0 Å². The van der Waals surface area contributed by atoms with Gasteiger partial charge < -0.3 is 0 Å². The Morgan fingerprint density at radius 2 is 1.69 bits per heavy atom. The van der Waals surface area contributed by atoms with E-state index in [1.807, 2.05) is 0 Å². The Bertz CT molecular complexity index is 327. The summed E-state index contributed by atoms with van der Waals surface area (Å²) in [5.74, 6) is 0. The minimum atomic E-state index is 0.146. The normalized spacial score (nSPS) is 12.9. The van der Waals surface area contributed by atoms with Gasteiger partial charge in [-0.05, 0) is 23.5 Å². The molecule has 0 atom stereocenters. The third kappa shape index (κ3) is 3.07. The van der Waals surface area contributed by atoms with Gasteiger partial charge in [0.05, 0.1) is 0 Å². The topological polar surface area (TPSA) is 12.9 Å². The van der Waals surface area contributed by atoms with Crippen LogP contribution < -0.4 is 0 Å². The summed E-state index contributed by atoms with van der Waals surface area (Å²) in [6.07, 6.45) is 4.48. The maximum atomic E-state index is 4.60. The molecular formula is C15H25N. The minimum Gasteiger partial charge on any atom is -0.260 e. The smallest absolute Gasteiger partial charge is 0.0457 e. The number of rotatable bonds is 3. The summed E-state index contributed by atoms with van der Waals surface area (Å²) in [5.41, 5.74) is 2.91. The average molecular weight is 219 g/mol. The molecule has 1 aromatic heterocycles. The highest BCUT2D eigenvalue weighted by Crippen LogP contribution is 2.29. The SMILES string of the molecule is CCCC(C)(C)c1ccc(C(C)(C)C)nc1. The second-order valence-corrected chi connectivity index (χ2v) is 6.32. The molecule has 0 bridgehead atoms. The third-order valence-electron chi connectivity index (χ3n) is 3.19. The molecule has 0 aliphatic carbocycles. The predicted octanol–water partition coefficient (Wildman–Crippen LogP) is 4.46. The lowest BCUT2D eigenvalue weighted by atomic mass is 9.81. The molecule has 0 saturated heterocycles. The highest BCUT2D eigenvalue weighted by atomic mass is 14.7. The van der Waals surface area contributed by atoms with Crippen molar-refractivity contribution in [3.8, 4) is 0 Å². The van der Waals surface area contributed by atoms with E-state index in [-0.39, 0.29) is 10.8 Å². The Morgan fingerprint density at radius 1 is 1.06 bits per heavy atom. The molecule has 0 aromatic carbocycles. The van der Waals surface area contributed by atoms with Crippen LogP contribution in [0.15, 0.2) is 18.3 Å².